The first-order valence-corrected chi connectivity index (χ1v) is 5.18. The number of benzene rings is 1. The van der Waals surface area contributed by atoms with E-state index >= 15 is 0 Å². The molecule has 16 heavy (non-hydrogen) atoms. The normalized spacial score (nSPS) is 10.6. The number of thiazole rings is 1. The summed E-state index contributed by atoms with van der Waals surface area (Å²) < 4.78 is 0.579. The first-order chi connectivity index (χ1) is 7.49. The van der Waals surface area contributed by atoms with Crippen molar-refractivity contribution in [3.63, 3.8) is 0 Å². The fourth-order valence-electron chi connectivity index (χ4n) is 1.43. The largest absolute Gasteiger partial charge is 0.478 e. The van der Waals surface area contributed by atoms with Crippen LogP contribution in [0.4, 0.5) is 0 Å². The lowest BCUT2D eigenvalue weighted by Crippen LogP contribution is -2.02. The lowest BCUT2D eigenvalue weighted by Gasteiger charge is -1.99. The van der Waals surface area contributed by atoms with Crippen LogP contribution in [0, 0.1) is 6.92 Å². The molecule has 1 heterocycles. The molecule has 0 bridgehead atoms. The molecule has 0 unspecified atom stereocenters. The van der Waals surface area contributed by atoms with Crippen molar-refractivity contribution >= 4 is 33.5 Å². The van der Waals surface area contributed by atoms with Crippen LogP contribution in [0.25, 0.3) is 10.2 Å². The Morgan fingerprint density at radius 3 is 2.50 bits per heavy atom. The van der Waals surface area contributed by atoms with E-state index in [-0.39, 0.29) is 11.1 Å². The van der Waals surface area contributed by atoms with E-state index in [4.69, 9.17) is 10.2 Å². The van der Waals surface area contributed by atoms with E-state index in [2.05, 4.69) is 4.98 Å². The Morgan fingerprint density at radius 1 is 1.25 bits per heavy atom. The maximum atomic E-state index is 11.0. The van der Waals surface area contributed by atoms with Gasteiger partial charge in [-0.2, -0.15) is 0 Å². The molecule has 2 aromatic rings. The summed E-state index contributed by atoms with van der Waals surface area (Å²) in [5.74, 6) is -2.31. The number of rotatable bonds is 2. The molecule has 82 valence electrons. The molecular weight excluding hydrogens is 230 g/mol. The highest BCUT2D eigenvalue weighted by Gasteiger charge is 2.16. The standard InChI is InChI=1S/C10H7NO4S/c1-4-11-8-6(10(14)15)2-5(9(12)13)3-7(8)16-4/h2-3H,1H3,(H,12,13)(H,14,15). The predicted molar refractivity (Wildman–Crippen MR) is 58.3 cm³/mol. The Bertz CT molecular complexity index is 602. The van der Waals surface area contributed by atoms with Gasteiger partial charge in [-0.15, -0.1) is 11.3 Å². The molecule has 6 heteroatoms. The van der Waals surface area contributed by atoms with Crippen LogP contribution in [0.5, 0.6) is 0 Å². The van der Waals surface area contributed by atoms with Crippen molar-refractivity contribution in [3.8, 4) is 0 Å². The minimum absolute atomic E-state index is 0.0337. The quantitative estimate of drug-likeness (QED) is 0.834. The zero-order valence-electron chi connectivity index (χ0n) is 8.22. The Morgan fingerprint density at radius 2 is 1.94 bits per heavy atom. The molecule has 1 aromatic heterocycles. The van der Waals surface area contributed by atoms with Crippen molar-refractivity contribution in [1.82, 2.24) is 4.98 Å². The van der Waals surface area contributed by atoms with Gasteiger partial charge < -0.3 is 10.2 Å². The second-order valence-corrected chi connectivity index (χ2v) is 4.45. The number of hydrogen-bond acceptors (Lipinski definition) is 4. The molecule has 0 saturated heterocycles. The third-order valence-electron chi connectivity index (χ3n) is 2.08. The van der Waals surface area contributed by atoms with Crippen LogP contribution in [0.1, 0.15) is 25.7 Å². The smallest absolute Gasteiger partial charge is 0.337 e. The summed E-state index contributed by atoms with van der Waals surface area (Å²) in [5, 5.41) is 18.5. The van der Waals surface area contributed by atoms with Crippen LogP contribution in [-0.4, -0.2) is 27.1 Å². The van der Waals surface area contributed by atoms with E-state index in [9.17, 15) is 9.59 Å². The SMILES string of the molecule is Cc1nc2c(C(=O)O)cc(C(=O)O)cc2s1. The van der Waals surface area contributed by atoms with Crippen LogP contribution in [-0.2, 0) is 0 Å². The number of fused-ring (bicyclic) bond motifs is 1. The molecule has 0 aliphatic carbocycles. The minimum Gasteiger partial charge on any atom is -0.478 e. The van der Waals surface area contributed by atoms with Gasteiger partial charge in [-0.1, -0.05) is 0 Å². The van der Waals surface area contributed by atoms with Crippen molar-refractivity contribution < 1.29 is 19.8 Å². The first kappa shape index (κ1) is 10.6. The number of aromatic nitrogens is 1. The first-order valence-electron chi connectivity index (χ1n) is 4.37. The predicted octanol–water partition coefficient (Wildman–Crippen LogP) is 2.00. The zero-order chi connectivity index (χ0) is 11.9. The number of hydrogen-bond donors (Lipinski definition) is 2. The Balaban J connectivity index is 2.83. The fraction of sp³-hybridized carbons (Fsp3) is 0.100. The van der Waals surface area contributed by atoms with Crippen LogP contribution in [0.2, 0.25) is 0 Å². The maximum Gasteiger partial charge on any atom is 0.337 e. The van der Waals surface area contributed by atoms with Gasteiger partial charge in [0.05, 0.1) is 26.4 Å². The number of aryl methyl sites for hydroxylation is 1. The van der Waals surface area contributed by atoms with E-state index in [0.29, 0.717) is 15.2 Å². The molecule has 0 fully saturated rings. The molecule has 0 radical (unpaired) electrons. The van der Waals surface area contributed by atoms with Crippen molar-refractivity contribution in [3.05, 3.63) is 28.3 Å². The molecule has 0 atom stereocenters. The molecule has 1 aromatic carbocycles. The summed E-state index contributed by atoms with van der Waals surface area (Å²) in [6, 6.07) is 2.57. The number of carboxylic acids is 2. The highest BCUT2D eigenvalue weighted by Crippen LogP contribution is 2.26. The molecule has 2 N–H and O–H groups in total. The lowest BCUT2D eigenvalue weighted by atomic mass is 10.1. The van der Waals surface area contributed by atoms with Gasteiger partial charge in [0.2, 0.25) is 0 Å². The van der Waals surface area contributed by atoms with Crippen LogP contribution < -0.4 is 0 Å². The minimum atomic E-state index is -1.17. The highest BCUT2D eigenvalue weighted by molar-refractivity contribution is 7.18. The molecule has 0 aliphatic rings. The van der Waals surface area contributed by atoms with Crippen LogP contribution in [0.3, 0.4) is 0 Å². The fourth-order valence-corrected chi connectivity index (χ4v) is 2.32. The van der Waals surface area contributed by atoms with E-state index in [1.54, 1.807) is 6.92 Å². The second kappa shape index (κ2) is 3.57. The molecule has 0 saturated carbocycles. The lowest BCUT2D eigenvalue weighted by molar-refractivity contribution is 0.0696. The van der Waals surface area contributed by atoms with Gasteiger partial charge in [-0.25, -0.2) is 14.6 Å². The molecule has 0 spiro atoms. The van der Waals surface area contributed by atoms with E-state index in [1.807, 2.05) is 0 Å². The maximum absolute atomic E-state index is 11.0. The van der Waals surface area contributed by atoms with Gasteiger partial charge in [-0.05, 0) is 19.1 Å². The van der Waals surface area contributed by atoms with Crippen molar-refractivity contribution in [2.24, 2.45) is 0 Å². The van der Waals surface area contributed by atoms with Crippen molar-refractivity contribution in [2.45, 2.75) is 6.92 Å². The monoisotopic (exact) mass is 237 g/mol. The van der Waals surface area contributed by atoms with Gasteiger partial charge in [0.1, 0.15) is 0 Å². The number of carboxylic acid groups (broad SMARTS) is 2. The summed E-state index contributed by atoms with van der Waals surface area (Å²) in [5.41, 5.74) is 0.243. The summed E-state index contributed by atoms with van der Waals surface area (Å²) in [6.07, 6.45) is 0. The van der Waals surface area contributed by atoms with Crippen molar-refractivity contribution in [1.29, 1.82) is 0 Å². The Labute approximate surface area is 94.0 Å². The summed E-state index contributed by atoms with van der Waals surface area (Å²) in [6.45, 7) is 1.75. The molecular formula is C10H7NO4S. The van der Waals surface area contributed by atoms with Crippen molar-refractivity contribution in [2.75, 3.05) is 0 Å². The molecule has 0 aliphatic heterocycles. The third kappa shape index (κ3) is 1.63. The number of aromatic carboxylic acids is 2. The zero-order valence-corrected chi connectivity index (χ0v) is 9.04. The van der Waals surface area contributed by atoms with E-state index < -0.39 is 11.9 Å². The Hall–Kier alpha value is -1.95. The van der Waals surface area contributed by atoms with Crippen LogP contribution in [0.15, 0.2) is 12.1 Å². The summed E-state index contributed by atoms with van der Waals surface area (Å²) >= 11 is 1.28. The average molecular weight is 237 g/mol. The second-order valence-electron chi connectivity index (χ2n) is 3.21. The topological polar surface area (TPSA) is 87.5 Å². The van der Waals surface area contributed by atoms with Gasteiger partial charge in [-0.3, -0.25) is 0 Å². The van der Waals surface area contributed by atoms with Gasteiger partial charge >= 0.3 is 11.9 Å². The van der Waals surface area contributed by atoms with Gasteiger partial charge in [0.15, 0.2) is 0 Å². The molecule has 0 amide bonds. The number of carbonyl (C=O) groups is 2. The molecule has 5 nitrogen and oxygen atoms in total. The summed E-state index contributed by atoms with van der Waals surface area (Å²) in [4.78, 5) is 25.9. The summed E-state index contributed by atoms with van der Waals surface area (Å²) in [7, 11) is 0. The Kier molecular flexibility index (Phi) is 2.35. The average Bonchev–Trinajstić information content (AvgIpc) is 2.55. The van der Waals surface area contributed by atoms with E-state index in [1.165, 1.54) is 17.4 Å². The highest BCUT2D eigenvalue weighted by atomic mass is 32.1. The number of nitrogens with zero attached hydrogens (tertiary/aromatic N) is 1. The van der Waals surface area contributed by atoms with Gasteiger partial charge in [0, 0.05) is 0 Å². The third-order valence-corrected chi connectivity index (χ3v) is 3.00. The van der Waals surface area contributed by atoms with E-state index in [0.717, 1.165) is 6.07 Å². The molecule has 2 rings (SSSR count). The van der Waals surface area contributed by atoms with Gasteiger partial charge in [0.25, 0.3) is 0 Å². The van der Waals surface area contributed by atoms with Crippen LogP contribution >= 0.6 is 11.3 Å².